The standard InChI is InChI=1S/C15H23FN2/c1-2-18(15-7-5-14(16)6-8-15)11-3-4-13-9-10-17-12-13/h5-8,13,17H,2-4,9-12H2,1H3. The summed E-state index contributed by atoms with van der Waals surface area (Å²) in [6.07, 6.45) is 3.84. The molecule has 1 aromatic rings. The highest BCUT2D eigenvalue weighted by molar-refractivity contribution is 5.45. The van der Waals surface area contributed by atoms with E-state index in [4.69, 9.17) is 0 Å². The topological polar surface area (TPSA) is 15.3 Å². The molecular formula is C15H23FN2. The fourth-order valence-corrected chi connectivity index (χ4v) is 2.65. The van der Waals surface area contributed by atoms with Crippen LogP contribution in [0.3, 0.4) is 0 Å². The smallest absolute Gasteiger partial charge is 0.123 e. The molecule has 1 fully saturated rings. The van der Waals surface area contributed by atoms with E-state index in [0.717, 1.165) is 24.7 Å². The van der Waals surface area contributed by atoms with Gasteiger partial charge in [-0.25, -0.2) is 4.39 Å². The molecule has 3 heteroatoms. The molecule has 0 amide bonds. The number of anilines is 1. The van der Waals surface area contributed by atoms with E-state index in [1.807, 2.05) is 12.1 Å². The molecule has 1 saturated heterocycles. The molecule has 0 aromatic heterocycles. The van der Waals surface area contributed by atoms with E-state index >= 15 is 0 Å². The van der Waals surface area contributed by atoms with Gasteiger partial charge in [-0.1, -0.05) is 0 Å². The van der Waals surface area contributed by atoms with Crippen molar-refractivity contribution >= 4 is 5.69 Å². The van der Waals surface area contributed by atoms with Crippen molar-refractivity contribution in [1.29, 1.82) is 0 Å². The molecule has 0 aliphatic carbocycles. The van der Waals surface area contributed by atoms with E-state index in [-0.39, 0.29) is 5.82 Å². The average molecular weight is 250 g/mol. The van der Waals surface area contributed by atoms with Crippen LogP contribution in [-0.2, 0) is 0 Å². The van der Waals surface area contributed by atoms with Gasteiger partial charge in [-0.2, -0.15) is 0 Å². The highest BCUT2D eigenvalue weighted by Crippen LogP contribution is 2.18. The minimum absolute atomic E-state index is 0.160. The minimum atomic E-state index is -0.160. The Kier molecular flexibility index (Phi) is 5.00. The molecule has 1 N–H and O–H groups in total. The maximum atomic E-state index is 12.9. The molecule has 0 bridgehead atoms. The highest BCUT2D eigenvalue weighted by atomic mass is 19.1. The van der Waals surface area contributed by atoms with Crippen molar-refractivity contribution in [2.45, 2.75) is 26.2 Å². The molecule has 100 valence electrons. The zero-order chi connectivity index (χ0) is 12.8. The van der Waals surface area contributed by atoms with Gasteiger partial charge in [0.05, 0.1) is 0 Å². The lowest BCUT2D eigenvalue weighted by molar-refractivity contribution is 0.508. The summed E-state index contributed by atoms with van der Waals surface area (Å²) in [5, 5.41) is 3.41. The van der Waals surface area contributed by atoms with Crippen LogP contribution < -0.4 is 10.2 Å². The van der Waals surface area contributed by atoms with E-state index < -0.39 is 0 Å². The lowest BCUT2D eigenvalue weighted by Gasteiger charge is -2.23. The molecule has 2 rings (SSSR count). The maximum Gasteiger partial charge on any atom is 0.123 e. The van der Waals surface area contributed by atoms with Gasteiger partial charge in [-0.05, 0) is 69.5 Å². The third-order valence-electron chi connectivity index (χ3n) is 3.78. The van der Waals surface area contributed by atoms with Crippen LogP contribution in [0.1, 0.15) is 26.2 Å². The molecule has 2 nitrogen and oxygen atoms in total. The van der Waals surface area contributed by atoms with Crippen LogP contribution in [0.4, 0.5) is 10.1 Å². The first-order valence-electron chi connectivity index (χ1n) is 7.01. The zero-order valence-electron chi connectivity index (χ0n) is 11.2. The normalized spacial score (nSPS) is 19.1. The summed E-state index contributed by atoms with van der Waals surface area (Å²) >= 11 is 0. The summed E-state index contributed by atoms with van der Waals surface area (Å²) in [4.78, 5) is 2.32. The maximum absolute atomic E-state index is 12.9. The Morgan fingerprint density at radius 2 is 2.11 bits per heavy atom. The van der Waals surface area contributed by atoms with E-state index in [1.165, 1.54) is 32.4 Å². The third kappa shape index (κ3) is 3.70. The van der Waals surface area contributed by atoms with Gasteiger partial charge >= 0.3 is 0 Å². The Bertz CT molecular complexity index is 344. The molecule has 1 aromatic carbocycles. The van der Waals surface area contributed by atoms with Crippen LogP contribution in [-0.4, -0.2) is 26.2 Å². The van der Waals surface area contributed by atoms with Crippen LogP contribution in [0.5, 0.6) is 0 Å². The minimum Gasteiger partial charge on any atom is -0.372 e. The number of benzene rings is 1. The molecule has 1 heterocycles. The molecule has 0 radical (unpaired) electrons. The second-order valence-corrected chi connectivity index (χ2v) is 5.06. The number of hydrogen-bond acceptors (Lipinski definition) is 2. The second-order valence-electron chi connectivity index (χ2n) is 5.06. The third-order valence-corrected chi connectivity index (χ3v) is 3.78. The Balaban J connectivity index is 1.79. The van der Waals surface area contributed by atoms with Gasteiger partial charge in [0, 0.05) is 18.8 Å². The molecule has 1 unspecified atom stereocenters. The van der Waals surface area contributed by atoms with Crippen molar-refractivity contribution in [3.05, 3.63) is 30.1 Å². The summed E-state index contributed by atoms with van der Waals surface area (Å²) < 4.78 is 12.9. The zero-order valence-corrected chi connectivity index (χ0v) is 11.2. The van der Waals surface area contributed by atoms with Crippen LogP contribution in [0, 0.1) is 11.7 Å². The average Bonchev–Trinajstić information content (AvgIpc) is 2.89. The van der Waals surface area contributed by atoms with E-state index in [1.54, 1.807) is 12.1 Å². The van der Waals surface area contributed by atoms with Gasteiger partial charge in [0.15, 0.2) is 0 Å². The summed E-state index contributed by atoms with van der Waals surface area (Å²) in [5.74, 6) is 0.698. The number of halogens is 1. The van der Waals surface area contributed by atoms with Crippen LogP contribution in [0.2, 0.25) is 0 Å². The lowest BCUT2D eigenvalue weighted by Crippen LogP contribution is -2.24. The number of rotatable bonds is 6. The Labute approximate surface area is 109 Å². The summed E-state index contributed by atoms with van der Waals surface area (Å²) in [7, 11) is 0. The quantitative estimate of drug-likeness (QED) is 0.835. The van der Waals surface area contributed by atoms with Gasteiger partial charge in [0.1, 0.15) is 5.82 Å². The Hall–Kier alpha value is -1.09. The summed E-state index contributed by atoms with van der Waals surface area (Å²) in [5.41, 5.74) is 1.13. The molecule has 1 aliphatic heterocycles. The highest BCUT2D eigenvalue weighted by Gasteiger charge is 2.14. The van der Waals surface area contributed by atoms with Crippen molar-refractivity contribution in [3.8, 4) is 0 Å². The van der Waals surface area contributed by atoms with Crippen molar-refractivity contribution in [2.75, 3.05) is 31.1 Å². The SMILES string of the molecule is CCN(CCCC1CCNC1)c1ccc(F)cc1. The predicted molar refractivity (Wildman–Crippen MR) is 74.5 cm³/mol. The fraction of sp³-hybridized carbons (Fsp3) is 0.600. The first-order valence-corrected chi connectivity index (χ1v) is 7.01. The molecule has 0 saturated carbocycles. The van der Waals surface area contributed by atoms with Gasteiger partial charge in [-0.15, -0.1) is 0 Å². The van der Waals surface area contributed by atoms with Gasteiger partial charge in [0.25, 0.3) is 0 Å². The van der Waals surface area contributed by atoms with Crippen molar-refractivity contribution in [1.82, 2.24) is 5.32 Å². The van der Waals surface area contributed by atoms with Crippen LogP contribution in [0.15, 0.2) is 24.3 Å². The molecule has 0 spiro atoms. The van der Waals surface area contributed by atoms with Crippen LogP contribution in [0.25, 0.3) is 0 Å². The Morgan fingerprint density at radius 3 is 2.72 bits per heavy atom. The van der Waals surface area contributed by atoms with Crippen LogP contribution >= 0.6 is 0 Å². The molecule has 1 atom stereocenters. The number of hydrogen-bond donors (Lipinski definition) is 1. The first-order chi connectivity index (χ1) is 8.79. The second kappa shape index (κ2) is 6.74. The fourth-order valence-electron chi connectivity index (χ4n) is 2.65. The van der Waals surface area contributed by atoms with E-state index in [2.05, 4.69) is 17.1 Å². The number of nitrogens with one attached hydrogen (secondary N) is 1. The van der Waals surface area contributed by atoms with Crippen molar-refractivity contribution in [3.63, 3.8) is 0 Å². The van der Waals surface area contributed by atoms with Crippen molar-refractivity contribution in [2.24, 2.45) is 5.92 Å². The first kappa shape index (κ1) is 13.3. The van der Waals surface area contributed by atoms with E-state index in [9.17, 15) is 4.39 Å². The van der Waals surface area contributed by atoms with Crippen molar-refractivity contribution < 1.29 is 4.39 Å². The molecule has 1 aliphatic rings. The number of nitrogens with zero attached hydrogens (tertiary/aromatic N) is 1. The molecule has 18 heavy (non-hydrogen) atoms. The largest absolute Gasteiger partial charge is 0.372 e. The summed E-state index contributed by atoms with van der Waals surface area (Å²) in [6, 6.07) is 6.82. The molecular weight excluding hydrogens is 227 g/mol. The van der Waals surface area contributed by atoms with E-state index in [0.29, 0.717) is 0 Å². The summed E-state index contributed by atoms with van der Waals surface area (Å²) in [6.45, 7) is 6.57. The lowest BCUT2D eigenvalue weighted by atomic mass is 10.0. The monoisotopic (exact) mass is 250 g/mol. The predicted octanol–water partition coefficient (Wildman–Crippen LogP) is 3.04. The Morgan fingerprint density at radius 1 is 1.33 bits per heavy atom. The van der Waals surface area contributed by atoms with Gasteiger partial charge in [0.2, 0.25) is 0 Å². The van der Waals surface area contributed by atoms with Gasteiger partial charge < -0.3 is 10.2 Å². The van der Waals surface area contributed by atoms with Gasteiger partial charge in [-0.3, -0.25) is 0 Å².